The van der Waals surface area contributed by atoms with Crippen molar-refractivity contribution >= 4 is 0 Å². The lowest BCUT2D eigenvalue weighted by atomic mass is 9.90. The predicted molar refractivity (Wildman–Crippen MR) is 70.9 cm³/mol. The van der Waals surface area contributed by atoms with Crippen molar-refractivity contribution in [1.29, 1.82) is 0 Å². The van der Waals surface area contributed by atoms with Crippen LogP contribution in [-0.2, 0) is 4.74 Å². The summed E-state index contributed by atoms with van der Waals surface area (Å²) < 4.78 is 32.9. The minimum absolute atomic E-state index is 0.180. The van der Waals surface area contributed by atoms with Crippen LogP contribution in [-0.4, -0.2) is 19.3 Å². The third-order valence-electron chi connectivity index (χ3n) is 3.63. The molecule has 0 aromatic heterocycles. The first-order valence-corrected chi connectivity index (χ1v) is 6.92. The summed E-state index contributed by atoms with van der Waals surface area (Å²) in [5.41, 5.74) is 0.413. The number of rotatable bonds is 5. The van der Waals surface area contributed by atoms with Crippen molar-refractivity contribution in [1.82, 2.24) is 5.32 Å². The van der Waals surface area contributed by atoms with Crippen molar-refractivity contribution in [2.45, 2.75) is 38.8 Å². The van der Waals surface area contributed by atoms with Crippen molar-refractivity contribution in [3.05, 3.63) is 35.4 Å². The van der Waals surface area contributed by atoms with Crippen LogP contribution in [0.15, 0.2) is 18.2 Å². The molecule has 2 nitrogen and oxygen atoms in total. The Bertz CT molecular complexity index is 425. The summed E-state index contributed by atoms with van der Waals surface area (Å²) in [6.45, 7) is 5.45. The van der Waals surface area contributed by atoms with Crippen molar-refractivity contribution in [3.63, 3.8) is 0 Å². The highest BCUT2D eigenvalue weighted by atomic mass is 19.2. The highest BCUT2D eigenvalue weighted by Gasteiger charge is 2.32. The van der Waals surface area contributed by atoms with Crippen LogP contribution in [0.1, 0.15) is 38.3 Å². The molecule has 3 atom stereocenters. The van der Waals surface area contributed by atoms with Crippen LogP contribution < -0.4 is 5.32 Å². The second kappa shape index (κ2) is 6.44. The largest absolute Gasteiger partial charge is 0.378 e. The van der Waals surface area contributed by atoms with Crippen LogP contribution in [0.5, 0.6) is 0 Å². The van der Waals surface area contributed by atoms with E-state index in [4.69, 9.17) is 4.74 Å². The minimum atomic E-state index is -0.784. The van der Waals surface area contributed by atoms with E-state index in [2.05, 4.69) is 12.2 Å². The van der Waals surface area contributed by atoms with Gasteiger partial charge in [-0.1, -0.05) is 19.1 Å². The quantitative estimate of drug-likeness (QED) is 0.884. The van der Waals surface area contributed by atoms with Gasteiger partial charge in [0.15, 0.2) is 11.6 Å². The summed E-state index contributed by atoms with van der Waals surface area (Å²) in [6.07, 6.45) is 2.01. The van der Waals surface area contributed by atoms with E-state index in [1.807, 2.05) is 6.92 Å². The molecule has 0 saturated carbocycles. The van der Waals surface area contributed by atoms with Crippen molar-refractivity contribution in [2.24, 2.45) is 5.92 Å². The van der Waals surface area contributed by atoms with Crippen LogP contribution in [0.2, 0.25) is 0 Å². The third kappa shape index (κ3) is 3.31. The zero-order valence-electron chi connectivity index (χ0n) is 11.5. The highest BCUT2D eigenvalue weighted by molar-refractivity contribution is 5.23. The molecule has 1 N–H and O–H groups in total. The second-order valence-corrected chi connectivity index (χ2v) is 5.21. The van der Waals surface area contributed by atoms with Gasteiger partial charge in [0.05, 0.1) is 12.7 Å². The molecule has 0 spiro atoms. The minimum Gasteiger partial charge on any atom is -0.378 e. The molecule has 1 saturated heterocycles. The maximum atomic E-state index is 14.0. The van der Waals surface area contributed by atoms with Crippen molar-refractivity contribution in [2.75, 3.05) is 13.2 Å². The predicted octanol–water partition coefficient (Wildman–Crippen LogP) is 3.43. The monoisotopic (exact) mass is 269 g/mol. The van der Waals surface area contributed by atoms with Crippen LogP contribution in [0, 0.1) is 17.6 Å². The Labute approximate surface area is 113 Å². The molecule has 1 aliphatic rings. The van der Waals surface area contributed by atoms with Gasteiger partial charge in [0.2, 0.25) is 0 Å². The van der Waals surface area contributed by atoms with Crippen molar-refractivity contribution < 1.29 is 13.5 Å². The first-order chi connectivity index (χ1) is 9.13. The number of hydrogen-bond acceptors (Lipinski definition) is 2. The van der Waals surface area contributed by atoms with E-state index in [0.717, 1.165) is 25.5 Å². The summed E-state index contributed by atoms with van der Waals surface area (Å²) in [5, 5.41) is 3.33. The standard InChI is InChI=1S/C15H21F2NO/c1-3-7-18-15(11-8-10(2)19-9-11)12-5-4-6-13(16)14(12)17/h4-6,10-11,15,18H,3,7-9H2,1-2H3. The Balaban J connectivity index is 2.23. The Kier molecular flexibility index (Phi) is 4.88. The zero-order chi connectivity index (χ0) is 13.8. The topological polar surface area (TPSA) is 21.3 Å². The number of hydrogen-bond donors (Lipinski definition) is 1. The fraction of sp³-hybridized carbons (Fsp3) is 0.600. The maximum absolute atomic E-state index is 14.0. The molecule has 1 aliphatic heterocycles. The normalized spacial score (nSPS) is 24.6. The Morgan fingerprint density at radius 2 is 2.21 bits per heavy atom. The van der Waals surface area contributed by atoms with E-state index in [0.29, 0.717) is 12.2 Å². The first-order valence-electron chi connectivity index (χ1n) is 6.92. The molecule has 1 aromatic carbocycles. The highest BCUT2D eigenvalue weighted by Crippen LogP contribution is 2.33. The van der Waals surface area contributed by atoms with Crippen LogP contribution in [0.3, 0.4) is 0 Å². The van der Waals surface area contributed by atoms with Gasteiger partial charge >= 0.3 is 0 Å². The molecular formula is C15H21F2NO. The molecule has 2 rings (SSSR count). The van der Waals surface area contributed by atoms with Crippen LogP contribution >= 0.6 is 0 Å². The molecule has 0 amide bonds. The van der Waals surface area contributed by atoms with Gasteiger partial charge < -0.3 is 10.1 Å². The summed E-state index contributed by atoms with van der Waals surface area (Å²) in [6, 6.07) is 4.20. The molecule has 0 bridgehead atoms. The average molecular weight is 269 g/mol. The van der Waals surface area contributed by atoms with Crippen LogP contribution in [0.4, 0.5) is 8.78 Å². The molecular weight excluding hydrogens is 248 g/mol. The van der Waals surface area contributed by atoms with Gasteiger partial charge in [0.25, 0.3) is 0 Å². The first kappa shape index (κ1) is 14.4. The van der Waals surface area contributed by atoms with E-state index in [1.165, 1.54) is 0 Å². The molecule has 1 fully saturated rings. The van der Waals surface area contributed by atoms with E-state index >= 15 is 0 Å². The summed E-state index contributed by atoms with van der Waals surface area (Å²) in [7, 11) is 0. The van der Waals surface area contributed by atoms with Gasteiger partial charge in [0, 0.05) is 17.5 Å². The molecule has 0 radical (unpaired) electrons. The van der Waals surface area contributed by atoms with Gasteiger partial charge in [-0.05, 0) is 32.4 Å². The van der Waals surface area contributed by atoms with Gasteiger partial charge in [-0.25, -0.2) is 8.78 Å². The Hall–Kier alpha value is -1.00. The average Bonchev–Trinajstić information content (AvgIpc) is 2.81. The maximum Gasteiger partial charge on any atom is 0.163 e. The molecule has 3 unspecified atom stereocenters. The molecule has 4 heteroatoms. The lowest BCUT2D eigenvalue weighted by Crippen LogP contribution is -2.30. The fourth-order valence-corrected chi connectivity index (χ4v) is 2.67. The Morgan fingerprint density at radius 1 is 1.42 bits per heavy atom. The SMILES string of the molecule is CCCNC(c1cccc(F)c1F)C1COC(C)C1. The van der Waals surface area contributed by atoms with Gasteiger partial charge in [-0.15, -0.1) is 0 Å². The lowest BCUT2D eigenvalue weighted by molar-refractivity contribution is 0.116. The van der Waals surface area contributed by atoms with E-state index in [1.54, 1.807) is 12.1 Å². The summed E-state index contributed by atoms with van der Waals surface area (Å²) >= 11 is 0. The smallest absolute Gasteiger partial charge is 0.163 e. The van der Waals surface area contributed by atoms with Gasteiger partial charge in [-0.2, -0.15) is 0 Å². The van der Waals surface area contributed by atoms with Crippen LogP contribution in [0.25, 0.3) is 0 Å². The van der Waals surface area contributed by atoms with E-state index in [-0.39, 0.29) is 18.1 Å². The molecule has 1 heterocycles. The zero-order valence-corrected chi connectivity index (χ0v) is 11.5. The molecule has 1 aromatic rings. The number of halogens is 2. The van der Waals surface area contributed by atoms with E-state index < -0.39 is 11.6 Å². The lowest BCUT2D eigenvalue weighted by Gasteiger charge is -2.25. The van der Waals surface area contributed by atoms with Gasteiger partial charge in [-0.3, -0.25) is 0 Å². The second-order valence-electron chi connectivity index (χ2n) is 5.21. The van der Waals surface area contributed by atoms with E-state index in [9.17, 15) is 8.78 Å². The molecule has 106 valence electrons. The molecule has 19 heavy (non-hydrogen) atoms. The number of ether oxygens (including phenoxy) is 1. The summed E-state index contributed by atoms with van der Waals surface area (Å²) in [4.78, 5) is 0. The summed E-state index contributed by atoms with van der Waals surface area (Å²) in [5.74, 6) is -1.33. The fourth-order valence-electron chi connectivity index (χ4n) is 2.67. The third-order valence-corrected chi connectivity index (χ3v) is 3.63. The Morgan fingerprint density at radius 3 is 2.84 bits per heavy atom. The molecule has 0 aliphatic carbocycles. The number of benzene rings is 1. The number of nitrogens with one attached hydrogen (secondary N) is 1. The van der Waals surface area contributed by atoms with Gasteiger partial charge in [0.1, 0.15) is 0 Å². The van der Waals surface area contributed by atoms with Crippen molar-refractivity contribution in [3.8, 4) is 0 Å².